The van der Waals surface area contributed by atoms with Crippen LogP contribution < -0.4 is 15.5 Å². The predicted molar refractivity (Wildman–Crippen MR) is 121 cm³/mol. The van der Waals surface area contributed by atoms with Crippen LogP contribution in [0, 0.1) is 0 Å². The van der Waals surface area contributed by atoms with Gasteiger partial charge in [0.15, 0.2) is 6.61 Å². The molecule has 0 atom stereocenters. The van der Waals surface area contributed by atoms with Crippen LogP contribution in [0.4, 0.5) is 5.69 Å². The van der Waals surface area contributed by atoms with Crippen LogP contribution in [-0.4, -0.2) is 24.1 Å². The fraction of sp³-hybridized carbons (Fsp3) is 0.0952. The largest absolute Gasteiger partial charge is 0.482 e. The SMILES string of the molecule is CC(=NNC(=O)COc1ccc(Cl)cc1Cl)c1ccc(NC(=O)c2cccs2)cc1. The smallest absolute Gasteiger partial charge is 0.277 e. The van der Waals surface area contributed by atoms with Gasteiger partial charge in [0.2, 0.25) is 0 Å². The monoisotopic (exact) mass is 461 g/mol. The summed E-state index contributed by atoms with van der Waals surface area (Å²) in [6, 6.07) is 15.5. The first-order valence-corrected chi connectivity index (χ1v) is 10.4. The van der Waals surface area contributed by atoms with Gasteiger partial charge in [0, 0.05) is 10.7 Å². The molecule has 154 valence electrons. The fourth-order valence-electron chi connectivity index (χ4n) is 2.37. The summed E-state index contributed by atoms with van der Waals surface area (Å²) in [6.07, 6.45) is 0. The van der Waals surface area contributed by atoms with Gasteiger partial charge in [-0.25, -0.2) is 5.43 Å². The average molecular weight is 462 g/mol. The lowest BCUT2D eigenvalue weighted by Crippen LogP contribution is -2.25. The van der Waals surface area contributed by atoms with Crippen LogP contribution in [-0.2, 0) is 4.79 Å². The molecule has 2 aromatic carbocycles. The molecule has 9 heteroatoms. The first-order valence-electron chi connectivity index (χ1n) is 8.78. The maximum absolute atomic E-state index is 12.1. The third-order valence-electron chi connectivity index (χ3n) is 3.91. The molecule has 0 saturated heterocycles. The molecule has 1 aromatic heterocycles. The summed E-state index contributed by atoms with van der Waals surface area (Å²) in [4.78, 5) is 24.7. The summed E-state index contributed by atoms with van der Waals surface area (Å²) in [5, 5.41) is 9.55. The summed E-state index contributed by atoms with van der Waals surface area (Å²) < 4.78 is 5.36. The number of benzene rings is 2. The van der Waals surface area contributed by atoms with Crippen molar-refractivity contribution in [3.63, 3.8) is 0 Å². The molecule has 0 aliphatic heterocycles. The Kier molecular flexibility index (Phi) is 7.46. The van der Waals surface area contributed by atoms with Gasteiger partial charge in [-0.1, -0.05) is 41.4 Å². The molecule has 6 nitrogen and oxygen atoms in total. The molecule has 0 spiro atoms. The number of amides is 2. The molecular weight excluding hydrogens is 445 g/mol. The van der Waals surface area contributed by atoms with Crippen molar-refractivity contribution >= 4 is 57.8 Å². The molecule has 2 N–H and O–H groups in total. The van der Waals surface area contributed by atoms with Crippen molar-refractivity contribution in [2.45, 2.75) is 6.92 Å². The quantitative estimate of drug-likeness (QED) is 0.373. The number of rotatable bonds is 7. The third-order valence-corrected chi connectivity index (χ3v) is 5.31. The normalized spacial score (nSPS) is 11.1. The molecule has 1 heterocycles. The average Bonchev–Trinajstić information content (AvgIpc) is 3.27. The number of nitrogens with zero attached hydrogens (tertiary/aromatic N) is 1. The number of nitrogens with one attached hydrogen (secondary N) is 2. The summed E-state index contributed by atoms with van der Waals surface area (Å²) in [6.45, 7) is 1.52. The van der Waals surface area contributed by atoms with E-state index in [4.69, 9.17) is 27.9 Å². The number of carbonyl (C=O) groups excluding carboxylic acids is 2. The molecule has 3 aromatic rings. The minimum atomic E-state index is -0.430. The summed E-state index contributed by atoms with van der Waals surface area (Å²) >= 11 is 13.2. The lowest BCUT2D eigenvalue weighted by molar-refractivity contribution is -0.123. The standard InChI is InChI=1S/C21H17Cl2N3O3S/c1-13(25-26-20(27)12-29-18-9-6-15(22)11-17(18)23)14-4-7-16(8-5-14)24-21(28)19-3-2-10-30-19/h2-11H,12H2,1H3,(H,24,28)(H,26,27). The second-order valence-electron chi connectivity index (χ2n) is 6.10. The van der Waals surface area contributed by atoms with Gasteiger partial charge >= 0.3 is 0 Å². The second-order valence-corrected chi connectivity index (χ2v) is 7.90. The zero-order chi connectivity index (χ0) is 21.5. The molecule has 0 aliphatic carbocycles. The van der Waals surface area contributed by atoms with Gasteiger partial charge in [-0.05, 0) is 54.3 Å². The predicted octanol–water partition coefficient (Wildman–Crippen LogP) is 5.23. The van der Waals surface area contributed by atoms with Crippen molar-refractivity contribution in [2.75, 3.05) is 11.9 Å². The van der Waals surface area contributed by atoms with E-state index in [0.717, 1.165) is 5.56 Å². The van der Waals surface area contributed by atoms with Gasteiger partial charge in [0.05, 0.1) is 15.6 Å². The van der Waals surface area contributed by atoms with E-state index in [9.17, 15) is 9.59 Å². The Morgan fingerprint density at radius 1 is 1.10 bits per heavy atom. The van der Waals surface area contributed by atoms with E-state index in [1.807, 2.05) is 11.4 Å². The van der Waals surface area contributed by atoms with Crippen molar-refractivity contribution in [3.05, 3.63) is 80.5 Å². The van der Waals surface area contributed by atoms with E-state index in [2.05, 4.69) is 15.8 Å². The number of hydrogen-bond donors (Lipinski definition) is 2. The van der Waals surface area contributed by atoms with Crippen molar-refractivity contribution in [2.24, 2.45) is 5.10 Å². The zero-order valence-corrected chi connectivity index (χ0v) is 18.1. The molecule has 3 rings (SSSR count). The lowest BCUT2D eigenvalue weighted by Gasteiger charge is -2.08. The fourth-order valence-corrected chi connectivity index (χ4v) is 3.46. The molecule has 0 unspecified atom stereocenters. The number of halogens is 2. The highest BCUT2D eigenvalue weighted by molar-refractivity contribution is 7.12. The first kappa shape index (κ1) is 21.8. The van der Waals surface area contributed by atoms with E-state index >= 15 is 0 Å². The summed E-state index contributed by atoms with van der Waals surface area (Å²) in [5.74, 6) is -0.228. The van der Waals surface area contributed by atoms with Crippen LogP contribution in [0.25, 0.3) is 0 Å². The van der Waals surface area contributed by atoms with Crippen LogP contribution in [0.5, 0.6) is 5.75 Å². The topological polar surface area (TPSA) is 79.8 Å². The van der Waals surface area contributed by atoms with E-state index in [-0.39, 0.29) is 12.5 Å². The van der Waals surface area contributed by atoms with Crippen molar-refractivity contribution in [1.29, 1.82) is 0 Å². The van der Waals surface area contributed by atoms with Crippen LogP contribution in [0.15, 0.2) is 65.1 Å². The highest BCUT2D eigenvalue weighted by Gasteiger charge is 2.08. The maximum Gasteiger partial charge on any atom is 0.277 e. The number of anilines is 1. The van der Waals surface area contributed by atoms with E-state index < -0.39 is 5.91 Å². The number of thiophene rings is 1. The number of ether oxygens (including phenoxy) is 1. The Morgan fingerprint density at radius 3 is 2.53 bits per heavy atom. The van der Waals surface area contributed by atoms with Gasteiger partial charge in [-0.15, -0.1) is 11.3 Å². The van der Waals surface area contributed by atoms with Crippen LogP contribution in [0.2, 0.25) is 10.0 Å². The molecule has 30 heavy (non-hydrogen) atoms. The molecule has 0 saturated carbocycles. The van der Waals surface area contributed by atoms with Crippen LogP contribution >= 0.6 is 34.5 Å². The lowest BCUT2D eigenvalue weighted by atomic mass is 10.1. The Hall–Kier alpha value is -2.87. The van der Waals surface area contributed by atoms with Crippen LogP contribution in [0.1, 0.15) is 22.2 Å². The van der Waals surface area contributed by atoms with Gasteiger partial charge < -0.3 is 10.1 Å². The third kappa shape index (κ3) is 6.06. The van der Waals surface area contributed by atoms with E-state index in [0.29, 0.717) is 32.1 Å². The zero-order valence-electron chi connectivity index (χ0n) is 15.8. The highest BCUT2D eigenvalue weighted by atomic mass is 35.5. The van der Waals surface area contributed by atoms with Gasteiger partial charge in [-0.2, -0.15) is 5.10 Å². The van der Waals surface area contributed by atoms with Gasteiger partial charge in [-0.3, -0.25) is 9.59 Å². The number of hydrogen-bond acceptors (Lipinski definition) is 5. The first-order chi connectivity index (χ1) is 14.4. The summed E-state index contributed by atoms with van der Waals surface area (Å²) in [7, 11) is 0. The molecular formula is C21H17Cl2N3O3S. The second kappa shape index (κ2) is 10.2. The van der Waals surface area contributed by atoms with Crippen LogP contribution in [0.3, 0.4) is 0 Å². The molecule has 0 bridgehead atoms. The van der Waals surface area contributed by atoms with Crippen molar-refractivity contribution in [1.82, 2.24) is 5.43 Å². The van der Waals surface area contributed by atoms with E-state index in [1.54, 1.807) is 49.4 Å². The number of carbonyl (C=O) groups is 2. The highest BCUT2D eigenvalue weighted by Crippen LogP contribution is 2.27. The summed E-state index contributed by atoms with van der Waals surface area (Å²) in [5.41, 5.74) is 4.50. The minimum absolute atomic E-state index is 0.156. The Morgan fingerprint density at radius 2 is 1.87 bits per heavy atom. The van der Waals surface area contributed by atoms with E-state index in [1.165, 1.54) is 17.4 Å². The Bertz CT molecular complexity index is 1070. The maximum atomic E-state index is 12.1. The molecule has 2 amide bonds. The molecule has 0 radical (unpaired) electrons. The number of hydrazone groups is 1. The van der Waals surface area contributed by atoms with Gasteiger partial charge in [0.1, 0.15) is 5.75 Å². The Balaban J connectivity index is 1.52. The molecule has 0 fully saturated rings. The van der Waals surface area contributed by atoms with Gasteiger partial charge in [0.25, 0.3) is 11.8 Å². The van der Waals surface area contributed by atoms with Crippen molar-refractivity contribution < 1.29 is 14.3 Å². The molecule has 0 aliphatic rings. The minimum Gasteiger partial charge on any atom is -0.482 e. The van der Waals surface area contributed by atoms with Crippen molar-refractivity contribution in [3.8, 4) is 5.75 Å². The Labute approximate surface area is 187 Å².